The lowest BCUT2D eigenvalue weighted by molar-refractivity contribution is 0.366. The fraction of sp³-hybridized carbons (Fsp3) is 0.167. The van der Waals surface area contributed by atoms with Crippen molar-refractivity contribution in [2.24, 2.45) is 0 Å². The summed E-state index contributed by atoms with van der Waals surface area (Å²) < 4.78 is 0. The van der Waals surface area contributed by atoms with Crippen LogP contribution in [0.15, 0.2) is 43.2 Å². The fourth-order valence-corrected chi connectivity index (χ4v) is 1.29. The Bertz CT molecular complexity index is 387. The van der Waals surface area contributed by atoms with E-state index in [0.29, 0.717) is 10.7 Å². The first-order valence-corrected chi connectivity index (χ1v) is 4.97. The summed E-state index contributed by atoms with van der Waals surface area (Å²) in [6.45, 7) is 9.12. The van der Waals surface area contributed by atoms with Gasteiger partial charge in [0.1, 0.15) is 5.76 Å². The van der Waals surface area contributed by atoms with Gasteiger partial charge in [0.15, 0.2) is 0 Å². The SMILES string of the molecule is C=C(NC(C)C(=C)O)c1cccc(Cl)c1. The van der Waals surface area contributed by atoms with Gasteiger partial charge in [-0.25, -0.2) is 0 Å². The average molecular weight is 224 g/mol. The summed E-state index contributed by atoms with van der Waals surface area (Å²) in [6.07, 6.45) is 0. The van der Waals surface area contributed by atoms with E-state index in [1.54, 1.807) is 13.0 Å². The molecule has 0 aliphatic rings. The first kappa shape index (κ1) is 11.7. The largest absolute Gasteiger partial charge is 0.511 e. The van der Waals surface area contributed by atoms with Crippen LogP contribution in [0.2, 0.25) is 5.02 Å². The second-order valence-electron chi connectivity index (χ2n) is 3.35. The van der Waals surface area contributed by atoms with Crippen molar-refractivity contribution in [3.8, 4) is 0 Å². The molecule has 0 radical (unpaired) electrons. The second-order valence-corrected chi connectivity index (χ2v) is 3.78. The molecule has 1 unspecified atom stereocenters. The maximum Gasteiger partial charge on any atom is 0.107 e. The Hall–Kier alpha value is -1.41. The molecule has 0 saturated carbocycles. The van der Waals surface area contributed by atoms with Crippen LogP contribution in [0.3, 0.4) is 0 Å². The standard InChI is InChI=1S/C12H14ClNO/c1-8(10(3)15)14-9(2)11-5-4-6-12(13)7-11/h4-8,14-15H,2-3H2,1H3. The van der Waals surface area contributed by atoms with Crippen LogP contribution in [0.4, 0.5) is 0 Å². The molecule has 15 heavy (non-hydrogen) atoms. The van der Waals surface area contributed by atoms with Crippen molar-refractivity contribution in [1.29, 1.82) is 0 Å². The van der Waals surface area contributed by atoms with Crippen molar-refractivity contribution in [2.45, 2.75) is 13.0 Å². The number of nitrogens with one attached hydrogen (secondary N) is 1. The molecular formula is C12H14ClNO. The van der Waals surface area contributed by atoms with Gasteiger partial charge >= 0.3 is 0 Å². The Morgan fingerprint density at radius 3 is 2.67 bits per heavy atom. The normalized spacial score (nSPS) is 11.9. The zero-order chi connectivity index (χ0) is 11.4. The molecule has 0 aromatic heterocycles. The lowest BCUT2D eigenvalue weighted by Crippen LogP contribution is -2.25. The third-order valence-corrected chi connectivity index (χ3v) is 2.30. The van der Waals surface area contributed by atoms with E-state index in [-0.39, 0.29) is 11.8 Å². The van der Waals surface area contributed by atoms with Crippen LogP contribution >= 0.6 is 11.6 Å². The molecule has 0 spiro atoms. The number of rotatable bonds is 4. The van der Waals surface area contributed by atoms with E-state index in [9.17, 15) is 0 Å². The summed E-state index contributed by atoms with van der Waals surface area (Å²) in [7, 11) is 0. The number of benzene rings is 1. The summed E-state index contributed by atoms with van der Waals surface area (Å²) in [6, 6.07) is 7.13. The molecule has 0 fully saturated rings. The van der Waals surface area contributed by atoms with Gasteiger partial charge in [0, 0.05) is 10.7 Å². The van der Waals surface area contributed by atoms with Crippen LogP contribution in [0.1, 0.15) is 12.5 Å². The van der Waals surface area contributed by atoms with Gasteiger partial charge in [-0.2, -0.15) is 0 Å². The molecule has 0 aliphatic carbocycles. The van der Waals surface area contributed by atoms with E-state index in [1.807, 2.05) is 18.2 Å². The molecule has 3 heteroatoms. The molecule has 80 valence electrons. The highest BCUT2D eigenvalue weighted by molar-refractivity contribution is 6.30. The molecule has 1 atom stereocenters. The predicted octanol–water partition coefficient (Wildman–Crippen LogP) is 3.36. The van der Waals surface area contributed by atoms with Gasteiger partial charge in [-0.1, -0.05) is 36.9 Å². The Morgan fingerprint density at radius 2 is 2.13 bits per heavy atom. The molecule has 0 aliphatic heterocycles. The van der Waals surface area contributed by atoms with Crippen LogP contribution in [0, 0.1) is 0 Å². The van der Waals surface area contributed by atoms with Crippen molar-refractivity contribution in [3.05, 3.63) is 53.8 Å². The topological polar surface area (TPSA) is 32.3 Å². The molecule has 0 bridgehead atoms. The molecule has 1 rings (SSSR count). The van der Waals surface area contributed by atoms with Gasteiger partial charge < -0.3 is 10.4 Å². The van der Waals surface area contributed by atoms with E-state index in [0.717, 1.165) is 5.56 Å². The van der Waals surface area contributed by atoms with Gasteiger partial charge in [0.25, 0.3) is 0 Å². The smallest absolute Gasteiger partial charge is 0.107 e. The molecule has 0 amide bonds. The molecule has 2 nitrogen and oxygen atoms in total. The minimum atomic E-state index is -0.225. The number of aliphatic hydroxyl groups is 1. The summed E-state index contributed by atoms with van der Waals surface area (Å²) >= 11 is 5.85. The summed E-state index contributed by atoms with van der Waals surface area (Å²) in [5.41, 5.74) is 1.61. The first-order valence-electron chi connectivity index (χ1n) is 4.60. The van der Waals surface area contributed by atoms with Crippen molar-refractivity contribution < 1.29 is 5.11 Å². The van der Waals surface area contributed by atoms with Crippen LogP contribution in [-0.2, 0) is 0 Å². The highest BCUT2D eigenvalue weighted by Gasteiger charge is 2.06. The zero-order valence-corrected chi connectivity index (χ0v) is 9.38. The molecular weight excluding hydrogens is 210 g/mol. The van der Waals surface area contributed by atoms with Crippen LogP contribution < -0.4 is 5.32 Å². The molecule has 2 N–H and O–H groups in total. The highest BCUT2D eigenvalue weighted by atomic mass is 35.5. The second kappa shape index (κ2) is 4.89. The minimum absolute atomic E-state index is 0.0816. The number of hydrogen-bond donors (Lipinski definition) is 2. The molecule has 0 saturated heterocycles. The number of aliphatic hydroxyl groups excluding tert-OH is 1. The van der Waals surface area contributed by atoms with Crippen LogP contribution in [-0.4, -0.2) is 11.1 Å². The van der Waals surface area contributed by atoms with Gasteiger partial charge in [0.05, 0.1) is 6.04 Å². The van der Waals surface area contributed by atoms with Crippen LogP contribution in [0.5, 0.6) is 0 Å². The third kappa shape index (κ3) is 3.33. The Balaban J connectivity index is 2.73. The summed E-state index contributed by atoms with van der Waals surface area (Å²) in [4.78, 5) is 0. The van der Waals surface area contributed by atoms with Crippen molar-refractivity contribution >= 4 is 17.3 Å². The van der Waals surface area contributed by atoms with E-state index in [1.165, 1.54) is 0 Å². The predicted molar refractivity (Wildman–Crippen MR) is 64.9 cm³/mol. The maximum absolute atomic E-state index is 9.15. The quantitative estimate of drug-likeness (QED) is 0.768. The molecule has 1 aromatic rings. The molecule has 1 aromatic carbocycles. The van der Waals surface area contributed by atoms with Gasteiger partial charge in [-0.15, -0.1) is 0 Å². The average Bonchev–Trinajstić information content (AvgIpc) is 2.17. The van der Waals surface area contributed by atoms with Crippen molar-refractivity contribution in [1.82, 2.24) is 5.32 Å². The zero-order valence-electron chi connectivity index (χ0n) is 8.63. The van der Waals surface area contributed by atoms with E-state index in [4.69, 9.17) is 16.7 Å². The summed E-state index contributed by atoms with van der Waals surface area (Å²) in [5, 5.41) is 12.8. The number of halogens is 1. The first-order chi connectivity index (χ1) is 7.00. The Morgan fingerprint density at radius 1 is 1.47 bits per heavy atom. The number of hydrogen-bond acceptors (Lipinski definition) is 2. The minimum Gasteiger partial charge on any atom is -0.511 e. The van der Waals surface area contributed by atoms with E-state index >= 15 is 0 Å². The molecule has 0 heterocycles. The Labute approximate surface area is 94.9 Å². The third-order valence-electron chi connectivity index (χ3n) is 2.06. The van der Waals surface area contributed by atoms with E-state index < -0.39 is 0 Å². The monoisotopic (exact) mass is 223 g/mol. The Kier molecular flexibility index (Phi) is 3.81. The van der Waals surface area contributed by atoms with E-state index in [2.05, 4.69) is 18.5 Å². The van der Waals surface area contributed by atoms with Crippen molar-refractivity contribution in [2.75, 3.05) is 0 Å². The lowest BCUT2D eigenvalue weighted by atomic mass is 10.1. The fourth-order valence-electron chi connectivity index (χ4n) is 1.10. The van der Waals surface area contributed by atoms with Gasteiger partial charge in [0.2, 0.25) is 0 Å². The van der Waals surface area contributed by atoms with Crippen molar-refractivity contribution in [3.63, 3.8) is 0 Å². The lowest BCUT2D eigenvalue weighted by Gasteiger charge is -2.16. The van der Waals surface area contributed by atoms with Gasteiger partial charge in [-0.05, 0) is 24.6 Å². The highest BCUT2D eigenvalue weighted by Crippen LogP contribution is 2.16. The van der Waals surface area contributed by atoms with Crippen LogP contribution in [0.25, 0.3) is 5.70 Å². The summed E-state index contributed by atoms with van der Waals surface area (Å²) in [5.74, 6) is 0.0816. The van der Waals surface area contributed by atoms with Gasteiger partial charge in [-0.3, -0.25) is 0 Å². The maximum atomic E-state index is 9.15.